The first-order valence-electron chi connectivity index (χ1n) is 10.5. The maximum absolute atomic E-state index is 12.7. The monoisotopic (exact) mass is 477 g/mol. The molecule has 10 heteroatoms. The minimum absolute atomic E-state index is 0.0292. The van der Waals surface area contributed by atoms with E-state index in [1.165, 1.54) is 28.8 Å². The van der Waals surface area contributed by atoms with Gasteiger partial charge in [-0.3, -0.25) is 14.4 Å². The summed E-state index contributed by atoms with van der Waals surface area (Å²) in [6, 6.07) is 11.7. The number of carbonyl (C=O) groups excluding carboxylic acids is 3. The van der Waals surface area contributed by atoms with E-state index in [0.29, 0.717) is 38.5 Å². The molecule has 1 saturated heterocycles. The van der Waals surface area contributed by atoms with Crippen LogP contribution < -0.4 is 4.90 Å². The van der Waals surface area contributed by atoms with Gasteiger partial charge in [0.15, 0.2) is 0 Å². The van der Waals surface area contributed by atoms with E-state index in [1.807, 2.05) is 24.3 Å². The van der Waals surface area contributed by atoms with Crippen molar-refractivity contribution in [1.29, 1.82) is 0 Å². The molecule has 0 unspecified atom stereocenters. The number of nitrogens with zero attached hydrogens (tertiary/aromatic N) is 3. The fraction of sp³-hybridized carbons (Fsp3) is 0.348. The highest BCUT2D eigenvalue weighted by molar-refractivity contribution is 8.00. The second-order valence-corrected chi connectivity index (χ2v) is 8.82. The Labute approximate surface area is 193 Å². The zero-order valence-corrected chi connectivity index (χ0v) is 18.5. The highest BCUT2D eigenvalue weighted by Crippen LogP contribution is 2.35. The number of halogens is 3. The average molecular weight is 478 g/mol. The quantitative estimate of drug-likeness (QED) is 0.676. The summed E-state index contributed by atoms with van der Waals surface area (Å²) in [7, 11) is 0. The van der Waals surface area contributed by atoms with E-state index < -0.39 is 11.7 Å². The Bertz CT molecular complexity index is 1050. The van der Waals surface area contributed by atoms with Crippen molar-refractivity contribution in [3.05, 3.63) is 59.7 Å². The molecule has 4 rings (SSSR count). The van der Waals surface area contributed by atoms with Crippen molar-refractivity contribution in [2.24, 2.45) is 0 Å². The van der Waals surface area contributed by atoms with Gasteiger partial charge in [-0.1, -0.05) is 12.1 Å². The summed E-state index contributed by atoms with van der Waals surface area (Å²) in [5.41, 5.74) is 0.198. The van der Waals surface area contributed by atoms with Gasteiger partial charge in [0.1, 0.15) is 0 Å². The van der Waals surface area contributed by atoms with Gasteiger partial charge in [0.25, 0.3) is 5.91 Å². The van der Waals surface area contributed by atoms with Crippen molar-refractivity contribution in [1.82, 2.24) is 9.80 Å². The first-order valence-corrected chi connectivity index (χ1v) is 11.5. The number of para-hydroxylation sites is 1. The predicted molar refractivity (Wildman–Crippen MR) is 118 cm³/mol. The largest absolute Gasteiger partial charge is 0.416 e. The predicted octanol–water partition coefficient (Wildman–Crippen LogP) is 3.52. The number of hydrogen-bond acceptors (Lipinski definition) is 4. The van der Waals surface area contributed by atoms with E-state index in [9.17, 15) is 27.6 Å². The summed E-state index contributed by atoms with van der Waals surface area (Å²) < 4.78 is 38.1. The number of hydrogen-bond donors (Lipinski definition) is 0. The van der Waals surface area contributed by atoms with Gasteiger partial charge in [-0.15, -0.1) is 11.8 Å². The van der Waals surface area contributed by atoms with Gasteiger partial charge >= 0.3 is 6.18 Å². The number of alkyl halides is 3. The van der Waals surface area contributed by atoms with Crippen LogP contribution in [0, 0.1) is 0 Å². The Hall–Kier alpha value is -3.01. The van der Waals surface area contributed by atoms with E-state index in [4.69, 9.17) is 0 Å². The van der Waals surface area contributed by atoms with Crippen LogP contribution in [0.3, 0.4) is 0 Å². The Morgan fingerprint density at radius 3 is 2.21 bits per heavy atom. The maximum atomic E-state index is 12.7. The second-order valence-electron chi connectivity index (χ2n) is 7.80. The molecule has 2 aromatic rings. The second kappa shape index (κ2) is 9.46. The minimum Gasteiger partial charge on any atom is -0.339 e. The van der Waals surface area contributed by atoms with E-state index in [2.05, 4.69) is 0 Å². The molecule has 0 spiro atoms. The molecule has 2 heterocycles. The number of amides is 3. The lowest BCUT2D eigenvalue weighted by Gasteiger charge is -2.35. The van der Waals surface area contributed by atoms with Crippen LogP contribution in [-0.2, 0) is 15.8 Å². The maximum Gasteiger partial charge on any atom is 0.416 e. The van der Waals surface area contributed by atoms with Crippen molar-refractivity contribution in [2.45, 2.75) is 17.5 Å². The van der Waals surface area contributed by atoms with Crippen LogP contribution in [0.4, 0.5) is 18.9 Å². The van der Waals surface area contributed by atoms with Crippen molar-refractivity contribution in [2.75, 3.05) is 43.4 Å². The normalized spacial score (nSPS) is 16.6. The van der Waals surface area contributed by atoms with Crippen molar-refractivity contribution in [3.8, 4) is 0 Å². The molecule has 1 fully saturated rings. The van der Waals surface area contributed by atoms with Crippen LogP contribution in [0.15, 0.2) is 53.4 Å². The Balaban J connectivity index is 1.30. The fourth-order valence-corrected chi connectivity index (χ4v) is 4.84. The SMILES string of the molecule is O=C(CCN1C(=O)CSc2ccccc21)N1CCN(C(=O)c2ccc(C(F)(F)F)cc2)CC1. The molecule has 3 amide bonds. The zero-order chi connectivity index (χ0) is 23.6. The van der Waals surface area contributed by atoms with Gasteiger partial charge < -0.3 is 14.7 Å². The van der Waals surface area contributed by atoms with E-state index in [-0.39, 0.29) is 29.7 Å². The van der Waals surface area contributed by atoms with Crippen LogP contribution in [0.1, 0.15) is 22.3 Å². The lowest BCUT2D eigenvalue weighted by Crippen LogP contribution is -2.51. The number of carbonyl (C=O) groups is 3. The highest BCUT2D eigenvalue weighted by atomic mass is 32.2. The lowest BCUT2D eigenvalue weighted by atomic mass is 10.1. The lowest BCUT2D eigenvalue weighted by molar-refractivity contribution is -0.137. The molecule has 0 atom stereocenters. The molecule has 0 radical (unpaired) electrons. The Kier molecular flexibility index (Phi) is 6.64. The van der Waals surface area contributed by atoms with Gasteiger partial charge in [0.05, 0.1) is 17.0 Å². The third-order valence-corrected chi connectivity index (χ3v) is 6.78. The molecule has 2 aliphatic rings. The van der Waals surface area contributed by atoms with Crippen LogP contribution in [0.25, 0.3) is 0 Å². The van der Waals surface area contributed by atoms with Gasteiger partial charge in [0.2, 0.25) is 11.8 Å². The summed E-state index contributed by atoms with van der Waals surface area (Å²) in [6.07, 6.45) is -4.27. The topological polar surface area (TPSA) is 60.9 Å². The third-order valence-electron chi connectivity index (χ3n) is 5.74. The van der Waals surface area contributed by atoms with Crippen LogP contribution in [0.5, 0.6) is 0 Å². The van der Waals surface area contributed by atoms with Crippen LogP contribution in [0.2, 0.25) is 0 Å². The standard InChI is InChI=1S/C23H22F3N3O3S/c24-23(25,26)17-7-5-16(6-8-17)22(32)28-13-11-27(12-14-28)20(30)9-10-29-18-3-1-2-4-19(18)33-15-21(29)31/h1-8H,9-15H2. The molecule has 0 aromatic heterocycles. The molecule has 174 valence electrons. The zero-order valence-electron chi connectivity index (χ0n) is 17.7. The molecule has 0 bridgehead atoms. The number of fused-ring (bicyclic) bond motifs is 1. The molecule has 0 N–H and O–H groups in total. The summed E-state index contributed by atoms with van der Waals surface area (Å²) in [5, 5.41) is 0. The molecule has 2 aliphatic heterocycles. The molecule has 33 heavy (non-hydrogen) atoms. The smallest absolute Gasteiger partial charge is 0.339 e. The van der Waals surface area contributed by atoms with Gasteiger partial charge in [-0.2, -0.15) is 13.2 Å². The van der Waals surface area contributed by atoms with E-state index in [1.54, 1.807) is 9.80 Å². The number of piperazine rings is 1. The number of rotatable bonds is 4. The number of anilines is 1. The highest BCUT2D eigenvalue weighted by Gasteiger charge is 2.31. The summed E-state index contributed by atoms with van der Waals surface area (Å²) >= 11 is 1.49. The van der Waals surface area contributed by atoms with Crippen molar-refractivity contribution < 1.29 is 27.6 Å². The van der Waals surface area contributed by atoms with Gasteiger partial charge in [-0.05, 0) is 36.4 Å². The Morgan fingerprint density at radius 2 is 1.55 bits per heavy atom. The molecule has 0 aliphatic carbocycles. The van der Waals surface area contributed by atoms with Crippen LogP contribution in [-0.4, -0.2) is 66.0 Å². The Morgan fingerprint density at radius 1 is 0.909 bits per heavy atom. The van der Waals surface area contributed by atoms with Crippen LogP contribution >= 0.6 is 11.8 Å². The summed E-state index contributed by atoms with van der Waals surface area (Å²) in [4.78, 5) is 43.5. The number of thioether (sulfide) groups is 1. The van der Waals surface area contributed by atoms with Gasteiger partial charge in [0, 0.05) is 49.6 Å². The van der Waals surface area contributed by atoms with E-state index in [0.717, 1.165) is 22.7 Å². The average Bonchev–Trinajstić information content (AvgIpc) is 2.82. The third kappa shape index (κ3) is 5.16. The van der Waals surface area contributed by atoms with Crippen molar-refractivity contribution in [3.63, 3.8) is 0 Å². The van der Waals surface area contributed by atoms with Gasteiger partial charge in [-0.25, -0.2) is 0 Å². The summed E-state index contributed by atoms with van der Waals surface area (Å²) in [5.74, 6) is -0.141. The fourth-order valence-electron chi connectivity index (χ4n) is 3.91. The molecular formula is C23H22F3N3O3S. The minimum atomic E-state index is -4.45. The first kappa shape index (κ1) is 23.2. The molecular weight excluding hydrogens is 455 g/mol. The molecule has 0 saturated carbocycles. The molecule has 6 nitrogen and oxygen atoms in total. The van der Waals surface area contributed by atoms with E-state index >= 15 is 0 Å². The number of benzene rings is 2. The van der Waals surface area contributed by atoms with Crippen molar-refractivity contribution >= 4 is 35.2 Å². The molecule has 2 aromatic carbocycles. The summed E-state index contributed by atoms with van der Waals surface area (Å²) in [6.45, 7) is 1.57. The first-order chi connectivity index (χ1) is 15.7.